The van der Waals surface area contributed by atoms with E-state index in [2.05, 4.69) is 34.5 Å². The number of hydrogen-bond acceptors (Lipinski definition) is 5. The first-order chi connectivity index (χ1) is 14.8. The highest BCUT2D eigenvalue weighted by Crippen LogP contribution is 2.35. The number of aryl methyl sites for hydroxylation is 2. The van der Waals surface area contributed by atoms with Crippen molar-refractivity contribution in [2.75, 3.05) is 41.6 Å². The van der Waals surface area contributed by atoms with Gasteiger partial charge in [-0.3, -0.25) is 9.10 Å². The number of amides is 1. The van der Waals surface area contributed by atoms with Gasteiger partial charge in [-0.15, -0.1) is 0 Å². The fourth-order valence-electron chi connectivity index (χ4n) is 4.25. The second-order valence-electron chi connectivity index (χ2n) is 8.24. The van der Waals surface area contributed by atoms with Crippen LogP contribution in [-0.4, -0.2) is 52.9 Å². The summed E-state index contributed by atoms with van der Waals surface area (Å²) in [5.74, 6) is 0.117. The van der Waals surface area contributed by atoms with Gasteiger partial charge in [-0.2, -0.15) is 0 Å². The number of anilines is 2. The Balaban J connectivity index is 1.35. The quantitative estimate of drug-likeness (QED) is 0.694. The van der Waals surface area contributed by atoms with Crippen molar-refractivity contribution in [3.8, 4) is 5.75 Å². The van der Waals surface area contributed by atoms with E-state index in [-0.39, 0.29) is 12.5 Å². The molecule has 0 bridgehead atoms. The molecule has 0 aromatic heterocycles. The number of nitrogens with zero attached hydrogens (tertiary/aromatic N) is 2. The summed E-state index contributed by atoms with van der Waals surface area (Å²) in [5, 5.41) is 2.92. The Morgan fingerprint density at radius 3 is 2.81 bits per heavy atom. The predicted octanol–water partition coefficient (Wildman–Crippen LogP) is 2.48. The Kier molecular flexibility index (Phi) is 6.09. The Bertz CT molecular complexity index is 1070. The average molecular weight is 444 g/mol. The lowest BCUT2D eigenvalue weighted by Gasteiger charge is -2.34. The molecule has 0 aliphatic carbocycles. The average Bonchev–Trinajstić information content (AvgIpc) is 2.75. The number of nitrogens with one attached hydrogen (secondary N) is 1. The van der Waals surface area contributed by atoms with Crippen LogP contribution < -0.4 is 19.3 Å². The van der Waals surface area contributed by atoms with Gasteiger partial charge in [-0.1, -0.05) is 24.3 Å². The molecule has 2 aromatic rings. The van der Waals surface area contributed by atoms with Crippen LogP contribution in [0.5, 0.6) is 5.75 Å². The Morgan fingerprint density at radius 1 is 1.19 bits per heavy atom. The summed E-state index contributed by atoms with van der Waals surface area (Å²) in [5.41, 5.74) is 4.07. The fourth-order valence-corrected chi connectivity index (χ4v) is 5.16. The third-order valence-corrected chi connectivity index (χ3v) is 6.93. The topological polar surface area (TPSA) is 79.0 Å². The van der Waals surface area contributed by atoms with Crippen molar-refractivity contribution in [2.24, 2.45) is 0 Å². The van der Waals surface area contributed by atoms with Gasteiger partial charge in [-0.25, -0.2) is 8.42 Å². The molecule has 1 amide bonds. The maximum atomic E-state index is 12.7. The second kappa shape index (κ2) is 8.78. The van der Waals surface area contributed by atoms with E-state index in [0.717, 1.165) is 44.2 Å². The van der Waals surface area contributed by atoms with Crippen LogP contribution >= 0.6 is 0 Å². The molecule has 1 unspecified atom stereocenters. The normalized spacial score (nSPS) is 18.1. The monoisotopic (exact) mass is 443 g/mol. The number of hydrogen-bond donors (Lipinski definition) is 1. The lowest BCUT2D eigenvalue weighted by molar-refractivity contribution is -0.127. The van der Waals surface area contributed by atoms with Crippen molar-refractivity contribution in [1.82, 2.24) is 5.32 Å². The molecular weight excluding hydrogens is 414 g/mol. The number of para-hydroxylation sites is 1. The van der Waals surface area contributed by atoms with E-state index in [4.69, 9.17) is 4.74 Å². The van der Waals surface area contributed by atoms with Gasteiger partial charge in [-0.05, 0) is 55.5 Å². The summed E-state index contributed by atoms with van der Waals surface area (Å²) in [4.78, 5) is 15.1. The zero-order valence-electron chi connectivity index (χ0n) is 18.0. The third-order valence-electron chi connectivity index (χ3n) is 5.79. The van der Waals surface area contributed by atoms with Crippen molar-refractivity contribution in [2.45, 2.75) is 32.3 Å². The minimum absolute atomic E-state index is 0.0272. The van der Waals surface area contributed by atoms with E-state index in [0.29, 0.717) is 18.0 Å². The summed E-state index contributed by atoms with van der Waals surface area (Å²) in [6.45, 7) is 4.26. The van der Waals surface area contributed by atoms with Crippen LogP contribution in [0.15, 0.2) is 42.5 Å². The van der Waals surface area contributed by atoms with Crippen molar-refractivity contribution in [1.29, 1.82) is 0 Å². The molecule has 0 spiro atoms. The number of fused-ring (bicyclic) bond motifs is 2. The maximum Gasteiger partial charge on any atom is 0.263 e. The molecule has 7 nitrogen and oxygen atoms in total. The van der Waals surface area contributed by atoms with Crippen LogP contribution in [0.4, 0.5) is 11.4 Å². The Hall–Kier alpha value is -2.74. The molecule has 2 aromatic carbocycles. The van der Waals surface area contributed by atoms with Crippen LogP contribution in [0.2, 0.25) is 0 Å². The highest BCUT2D eigenvalue weighted by atomic mass is 32.2. The van der Waals surface area contributed by atoms with Crippen LogP contribution in [0.1, 0.15) is 24.0 Å². The number of rotatable bonds is 6. The first-order valence-electron chi connectivity index (χ1n) is 10.7. The number of carbonyl (C=O) groups is 1. The van der Waals surface area contributed by atoms with Gasteiger partial charge in [0, 0.05) is 25.3 Å². The van der Waals surface area contributed by atoms with Crippen LogP contribution in [0.25, 0.3) is 0 Å². The van der Waals surface area contributed by atoms with E-state index in [1.807, 2.05) is 13.0 Å². The summed E-state index contributed by atoms with van der Waals surface area (Å²) in [6.07, 6.45) is 3.33. The fraction of sp³-hybridized carbons (Fsp3) is 0.435. The van der Waals surface area contributed by atoms with Crippen molar-refractivity contribution < 1.29 is 17.9 Å². The van der Waals surface area contributed by atoms with Crippen molar-refractivity contribution in [3.05, 3.63) is 53.6 Å². The molecule has 8 heteroatoms. The lowest BCUT2D eigenvalue weighted by atomic mass is 10.0. The zero-order chi connectivity index (χ0) is 22.0. The first-order valence-corrected chi connectivity index (χ1v) is 12.5. The molecule has 166 valence electrons. The largest absolute Gasteiger partial charge is 0.476 e. The van der Waals surface area contributed by atoms with Crippen LogP contribution in [-0.2, 0) is 21.2 Å². The van der Waals surface area contributed by atoms with Gasteiger partial charge >= 0.3 is 0 Å². The molecule has 1 atom stereocenters. The predicted molar refractivity (Wildman–Crippen MR) is 122 cm³/mol. The highest BCUT2D eigenvalue weighted by Gasteiger charge is 2.35. The van der Waals surface area contributed by atoms with Gasteiger partial charge in [0.25, 0.3) is 5.91 Å². The van der Waals surface area contributed by atoms with E-state index in [1.165, 1.54) is 15.6 Å². The first kappa shape index (κ1) is 21.5. The number of carbonyl (C=O) groups excluding carboxylic acids is 1. The number of benzene rings is 2. The molecule has 0 saturated heterocycles. The van der Waals surface area contributed by atoms with Gasteiger partial charge in [0.1, 0.15) is 5.75 Å². The van der Waals surface area contributed by atoms with E-state index in [9.17, 15) is 13.2 Å². The van der Waals surface area contributed by atoms with E-state index >= 15 is 0 Å². The highest BCUT2D eigenvalue weighted by molar-refractivity contribution is 7.92. The molecule has 1 N–H and O–H groups in total. The molecule has 0 saturated carbocycles. The lowest BCUT2D eigenvalue weighted by Crippen LogP contribution is -2.50. The van der Waals surface area contributed by atoms with Crippen molar-refractivity contribution >= 4 is 27.3 Å². The van der Waals surface area contributed by atoms with E-state index < -0.39 is 16.1 Å². The van der Waals surface area contributed by atoms with E-state index in [1.54, 1.807) is 12.1 Å². The van der Waals surface area contributed by atoms with Gasteiger partial charge in [0.2, 0.25) is 10.0 Å². The van der Waals surface area contributed by atoms with Crippen LogP contribution in [0.3, 0.4) is 0 Å². The molecule has 2 heterocycles. The third kappa shape index (κ3) is 4.79. The molecule has 2 aliphatic rings. The summed E-state index contributed by atoms with van der Waals surface area (Å²) < 4.78 is 31.7. The Labute approximate surface area is 184 Å². The molecular formula is C23H29N3O4S. The number of ether oxygens (including phenoxy) is 1. The van der Waals surface area contributed by atoms with Gasteiger partial charge < -0.3 is 15.0 Å². The maximum absolute atomic E-state index is 12.7. The Morgan fingerprint density at radius 2 is 2.00 bits per heavy atom. The second-order valence-corrected chi connectivity index (χ2v) is 10.1. The van der Waals surface area contributed by atoms with Gasteiger partial charge in [0.15, 0.2) is 6.10 Å². The zero-order valence-corrected chi connectivity index (χ0v) is 18.8. The summed E-state index contributed by atoms with van der Waals surface area (Å²) in [6, 6.07) is 13.8. The SMILES string of the molecule is Cc1ccc2c(c1)N(S(C)(=O)=O)CC(C(=O)NCCCN1CCCc3ccccc31)O2. The molecule has 31 heavy (non-hydrogen) atoms. The molecule has 4 rings (SSSR count). The molecule has 0 radical (unpaired) electrons. The smallest absolute Gasteiger partial charge is 0.263 e. The minimum Gasteiger partial charge on any atom is -0.476 e. The minimum atomic E-state index is -3.52. The molecule has 0 fully saturated rings. The van der Waals surface area contributed by atoms with Gasteiger partial charge in [0.05, 0.1) is 18.5 Å². The molecule has 2 aliphatic heterocycles. The van der Waals surface area contributed by atoms with Crippen LogP contribution in [0, 0.1) is 6.92 Å². The number of sulfonamides is 1. The summed E-state index contributed by atoms with van der Waals surface area (Å²) in [7, 11) is -3.52. The summed E-state index contributed by atoms with van der Waals surface area (Å²) >= 11 is 0. The van der Waals surface area contributed by atoms with Crippen molar-refractivity contribution in [3.63, 3.8) is 0 Å². The standard InChI is InChI=1S/C23H29N3O4S/c1-17-10-11-21-20(15-17)26(31(2,28)29)16-22(30-21)23(27)24-12-6-14-25-13-5-8-18-7-3-4-9-19(18)25/h3-4,7,9-11,15,22H,5-6,8,12-14,16H2,1-2H3,(H,24,27).